The van der Waals surface area contributed by atoms with Crippen LogP contribution >= 0.6 is 0 Å². The molecule has 33 heavy (non-hydrogen) atoms. The molecule has 1 atom stereocenters. The number of ether oxygens (including phenoxy) is 3. The van der Waals surface area contributed by atoms with Gasteiger partial charge in [-0.15, -0.1) is 0 Å². The van der Waals surface area contributed by atoms with Crippen molar-refractivity contribution in [3.8, 4) is 17.0 Å². The molecule has 9 nitrogen and oxygen atoms in total. The van der Waals surface area contributed by atoms with Crippen molar-refractivity contribution in [2.75, 3.05) is 6.61 Å². The highest BCUT2D eigenvalue weighted by Gasteiger charge is 2.42. The van der Waals surface area contributed by atoms with E-state index in [2.05, 4.69) is 15.4 Å². The van der Waals surface area contributed by atoms with Gasteiger partial charge in [0.15, 0.2) is 11.8 Å². The maximum absolute atomic E-state index is 12.4. The van der Waals surface area contributed by atoms with E-state index >= 15 is 0 Å². The largest absolute Gasteiger partial charge is 0.464 e. The molecule has 1 aliphatic carbocycles. The number of amides is 1. The quantitative estimate of drug-likeness (QED) is 0.459. The summed E-state index contributed by atoms with van der Waals surface area (Å²) in [7, 11) is 0. The fourth-order valence-corrected chi connectivity index (χ4v) is 3.64. The molecule has 3 rings (SSSR count). The van der Waals surface area contributed by atoms with Crippen LogP contribution in [-0.2, 0) is 14.3 Å². The SMILES string of the molecule is CCOC(=O)C(C(C)C)n1cc(-c2ccnc(OC3(NC(=O)OC(C)(C)C)CCC3)c2)cn1. The number of pyridine rings is 1. The third-order valence-electron chi connectivity index (χ3n) is 5.30. The predicted molar refractivity (Wildman–Crippen MR) is 123 cm³/mol. The number of alkyl carbamates (subject to hydrolysis) is 1. The Morgan fingerprint density at radius 1 is 1.24 bits per heavy atom. The summed E-state index contributed by atoms with van der Waals surface area (Å²) in [6.07, 6.45) is 6.93. The molecule has 2 aromatic heterocycles. The van der Waals surface area contributed by atoms with Gasteiger partial charge in [-0.25, -0.2) is 14.6 Å². The fourth-order valence-electron chi connectivity index (χ4n) is 3.64. The number of esters is 1. The molecular weight excluding hydrogens is 424 g/mol. The van der Waals surface area contributed by atoms with Gasteiger partial charge in [-0.1, -0.05) is 13.8 Å². The molecule has 1 N–H and O–H groups in total. The molecule has 9 heteroatoms. The Morgan fingerprint density at radius 2 is 1.97 bits per heavy atom. The summed E-state index contributed by atoms with van der Waals surface area (Å²) in [5, 5.41) is 7.26. The number of carbonyl (C=O) groups excluding carboxylic acids is 2. The number of carbonyl (C=O) groups is 2. The average Bonchev–Trinajstić information content (AvgIpc) is 3.14. The number of rotatable bonds is 8. The molecule has 2 heterocycles. The molecule has 1 aliphatic rings. The Labute approximate surface area is 194 Å². The van der Waals surface area contributed by atoms with E-state index in [-0.39, 0.29) is 11.9 Å². The Kier molecular flexibility index (Phi) is 7.29. The molecule has 1 saturated carbocycles. The Bertz CT molecular complexity index is 975. The standard InChI is InChI=1S/C24H34N4O5/c1-7-31-21(29)20(16(2)3)28-15-18(14-26-28)17-9-12-25-19(13-17)32-24(10-8-11-24)27-22(30)33-23(4,5)6/h9,12-16,20H,7-8,10-11H2,1-6H3,(H,27,30). The molecule has 180 valence electrons. The van der Waals surface area contributed by atoms with Gasteiger partial charge in [0.1, 0.15) is 5.60 Å². The van der Waals surface area contributed by atoms with Crippen LogP contribution in [0, 0.1) is 5.92 Å². The molecule has 0 spiro atoms. The monoisotopic (exact) mass is 458 g/mol. The van der Waals surface area contributed by atoms with Crippen LogP contribution in [0.3, 0.4) is 0 Å². The van der Waals surface area contributed by atoms with Crippen molar-refractivity contribution in [2.45, 2.75) is 78.2 Å². The molecule has 0 aromatic carbocycles. The van der Waals surface area contributed by atoms with Gasteiger partial charge in [-0.3, -0.25) is 10.00 Å². The van der Waals surface area contributed by atoms with Gasteiger partial charge in [-0.05, 0) is 51.7 Å². The minimum Gasteiger partial charge on any atom is -0.464 e. The van der Waals surface area contributed by atoms with Crippen LogP contribution in [0.5, 0.6) is 5.88 Å². The smallest absolute Gasteiger partial charge is 0.410 e. The Balaban J connectivity index is 1.76. The third kappa shape index (κ3) is 6.24. The van der Waals surface area contributed by atoms with E-state index < -0.39 is 23.5 Å². The van der Waals surface area contributed by atoms with E-state index in [9.17, 15) is 9.59 Å². The van der Waals surface area contributed by atoms with Gasteiger partial charge in [0.05, 0.1) is 12.8 Å². The van der Waals surface area contributed by atoms with Crippen LogP contribution in [0.15, 0.2) is 30.7 Å². The summed E-state index contributed by atoms with van der Waals surface area (Å²) in [4.78, 5) is 29.0. The lowest BCUT2D eigenvalue weighted by molar-refractivity contribution is -0.149. The summed E-state index contributed by atoms with van der Waals surface area (Å²) in [6, 6.07) is 3.14. The van der Waals surface area contributed by atoms with Crippen molar-refractivity contribution >= 4 is 12.1 Å². The van der Waals surface area contributed by atoms with Crippen LogP contribution in [0.25, 0.3) is 11.1 Å². The van der Waals surface area contributed by atoms with Crippen LogP contribution in [0.4, 0.5) is 4.79 Å². The second-order valence-electron chi connectivity index (χ2n) is 9.61. The molecule has 1 unspecified atom stereocenters. The first-order valence-corrected chi connectivity index (χ1v) is 11.4. The summed E-state index contributed by atoms with van der Waals surface area (Å²) in [6.45, 7) is 11.5. The molecule has 0 saturated heterocycles. The van der Waals surface area contributed by atoms with E-state index in [1.54, 1.807) is 30.1 Å². The van der Waals surface area contributed by atoms with Crippen LogP contribution in [-0.4, -0.2) is 44.8 Å². The summed E-state index contributed by atoms with van der Waals surface area (Å²) in [5.74, 6) is 0.105. The number of aromatic nitrogens is 3. The number of nitrogens with zero attached hydrogens (tertiary/aromatic N) is 3. The normalized spacial score (nSPS) is 16.0. The van der Waals surface area contributed by atoms with Crippen molar-refractivity contribution in [3.05, 3.63) is 30.7 Å². The van der Waals surface area contributed by atoms with Crippen LogP contribution < -0.4 is 10.1 Å². The first kappa shape index (κ1) is 24.5. The zero-order valence-corrected chi connectivity index (χ0v) is 20.3. The molecular formula is C24H34N4O5. The maximum atomic E-state index is 12.4. The number of hydrogen-bond donors (Lipinski definition) is 1. The van der Waals surface area contributed by atoms with Gasteiger partial charge < -0.3 is 14.2 Å². The first-order valence-electron chi connectivity index (χ1n) is 11.4. The second kappa shape index (κ2) is 9.80. The van der Waals surface area contributed by atoms with Crippen LogP contribution in [0.2, 0.25) is 0 Å². The first-order chi connectivity index (χ1) is 15.5. The molecule has 0 aliphatic heterocycles. The molecule has 1 fully saturated rings. The Hall–Kier alpha value is -3.10. The van der Waals surface area contributed by atoms with E-state index in [4.69, 9.17) is 14.2 Å². The summed E-state index contributed by atoms with van der Waals surface area (Å²) >= 11 is 0. The number of hydrogen-bond acceptors (Lipinski definition) is 7. The predicted octanol–water partition coefficient (Wildman–Crippen LogP) is 4.49. The van der Waals surface area contributed by atoms with Gasteiger partial charge >= 0.3 is 12.1 Å². The minimum absolute atomic E-state index is 0.0190. The number of nitrogens with one attached hydrogen (secondary N) is 1. The summed E-state index contributed by atoms with van der Waals surface area (Å²) < 4.78 is 18.4. The maximum Gasteiger partial charge on any atom is 0.410 e. The van der Waals surface area contributed by atoms with Crippen molar-refractivity contribution in [3.63, 3.8) is 0 Å². The molecule has 0 radical (unpaired) electrons. The van der Waals surface area contributed by atoms with Crippen molar-refractivity contribution in [1.29, 1.82) is 0 Å². The summed E-state index contributed by atoms with van der Waals surface area (Å²) in [5.41, 5.74) is 0.236. The van der Waals surface area contributed by atoms with E-state index in [0.29, 0.717) is 25.3 Å². The zero-order valence-electron chi connectivity index (χ0n) is 20.3. The lowest BCUT2D eigenvalue weighted by Gasteiger charge is -2.41. The van der Waals surface area contributed by atoms with Gasteiger partial charge in [0.25, 0.3) is 0 Å². The van der Waals surface area contributed by atoms with Crippen molar-refractivity contribution in [2.24, 2.45) is 5.92 Å². The van der Waals surface area contributed by atoms with Gasteiger partial charge in [-0.2, -0.15) is 5.10 Å². The van der Waals surface area contributed by atoms with Gasteiger partial charge in [0, 0.05) is 36.9 Å². The molecule has 0 bridgehead atoms. The van der Waals surface area contributed by atoms with Crippen molar-refractivity contribution in [1.82, 2.24) is 20.1 Å². The van der Waals surface area contributed by atoms with E-state index in [0.717, 1.165) is 17.5 Å². The van der Waals surface area contributed by atoms with Crippen LogP contribution in [0.1, 0.15) is 66.8 Å². The highest BCUT2D eigenvalue weighted by molar-refractivity contribution is 5.75. The molecule has 1 amide bonds. The third-order valence-corrected chi connectivity index (χ3v) is 5.30. The second-order valence-corrected chi connectivity index (χ2v) is 9.61. The topological polar surface area (TPSA) is 105 Å². The average molecular weight is 459 g/mol. The highest BCUT2D eigenvalue weighted by Crippen LogP contribution is 2.35. The molecule has 2 aromatic rings. The lowest BCUT2D eigenvalue weighted by atomic mass is 9.88. The van der Waals surface area contributed by atoms with Gasteiger partial charge in [0.2, 0.25) is 5.88 Å². The minimum atomic E-state index is -0.829. The zero-order chi connectivity index (χ0) is 24.2. The Morgan fingerprint density at radius 3 is 2.55 bits per heavy atom. The van der Waals surface area contributed by atoms with E-state index in [1.165, 1.54) is 0 Å². The van der Waals surface area contributed by atoms with Crippen molar-refractivity contribution < 1.29 is 23.8 Å². The van der Waals surface area contributed by atoms with E-state index in [1.807, 2.05) is 46.9 Å². The fraction of sp³-hybridized carbons (Fsp3) is 0.583. The lowest BCUT2D eigenvalue weighted by Crippen LogP contribution is -2.58. The highest BCUT2D eigenvalue weighted by atomic mass is 16.6.